The van der Waals surface area contributed by atoms with E-state index in [0.717, 1.165) is 37.2 Å². The summed E-state index contributed by atoms with van der Waals surface area (Å²) in [6.45, 7) is 7.97. The molecule has 0 aromatic heterocycles. The number of carbonyl (C=O) groups is 1. The smallest absolute Gasteiger partial charge is 0.321 e. The number of nitrogens with zero attached hydrogens (tertiary/aromatic N) is 1. The van der Waals surface area contributed by atoms with Crippen LogP contribution < -0.4 is 5.32 Å². The molecule has 1 saturated heterocycles. The highest BCUT2D eigenvalue weighted by molar-refractivity contribution is 5.91. The minimum absolute atomic E-state index is 0.0254. The largest absolute Gasteiger partial charge is 0.396 e. The van der Waals surface area contributed by atoms with E-state index in [2.05, 4.69) is 25.2 Å². The standard InChI is InChI=1S/C17H26N2O2/c1-12(2)15-6-4-5-13(3)16(15)18-17(21)19-9-7-14(11-20)8-10-19/h4-6,12,14,20H,7-11H2,1-3H3,(H,18,21). The first-order valence-electron chi connectivity index (χ1n) is 7.79. The van der Waals surface area contributed by atoms with E-state index in [1.54, 1.807) is 0 Å². The minimum atomic E-state index is -0.0254. The van der Waals surface area contributed by atoms with Crippen molar-refractivity contribution in [1.29, 1.82) is 0 Å². The Balaban J connectivity index is 2.07. The number of piperidine rings is 1. The van der Waals surface area contributed by atoms with Crippen molar-refractivity contribution >= 4 is 11.7 Å². The zero-order chi connectivity index (χ0) is 15.4. The van der Waals surface area contributed by atoms with Crippen LogP contribution in [-0.4, -0.2) is 35.7 Å². The summed E-state index contributed by atoms with van der Waals surface area (Å²) < 4.78 is 0. The Labute approximate surface area is 127 Å². The van der Waals surface area contributed by atoms with Crippen LogP contribution in [0.3, 0.4) is 0 Å². The van der Waals surface area contributed by atoms with Crippen LogP contribution in [0.25, 0.3) is 0 Å². The van der Waals surface area contributed by atoms with E-state index in [1.807, 2.05) is 24.0 Å². The van der Waals surface area contributed by atoms with Crippen LogP contribution in [0.1, 0.15) is 43.7 Å². The Morgan fingerprint density at radius 3 is 2.62 bits per heavy atom. The van der Waals surface area contributed by atoms with E-state index in [9.17, 15) is 4.79 Å². The molecule has 2 rings (SSSR count). The summed E-state index contributed by atoms with van der Waals surface area (Å²) in [6.07, 6.45) is 1.77. The second-order valence-electron chi connectivity index (χ2n) is 6.24. The quantitative estimate of drug-likeness (QED) is 0.897. The topological polar surface area (TPSA) is 52.6 Å². The number of carbonyl (C=O) groups excluding carboxylic acids is 1. The number of hydrogen-bond donors (Lipinski definition) is 2. The van der Waals surface area contributed by atoms with Gasteiger partial charge in [-0.2, -0.15) is 0 Å². The molecule has 4 heteroatoms. The fraction of sp³-hybridized carbons (Fsp3) is 0.588. The predicted molar refractivity (Wildman–Crippen MR) is 85.7 cm³/mol. The lowest BCUT2D eigenvalue weighted by Gasteiger charge is -2.31. The third-order valence-corrected chi connectivity index (χ3v) is 4.32. The molecule has 0 bridgehead atoms. The molecule has 1 fully saturated rings. The number of amides is 2. The van der Waals surface area contributed by atoms with Gasteiger partial charge in [-0.3, -0.25) is 0 Å². The van der Waals surface area contributed by atoms with Crippen LogP contribution in [-0.2, 0) is 0 Å². The summed E-state index contributed by atoms with van der Waals surface area (Å²) in [5, 5.41) is 12.3. The van der Waals surface area contributed by atoms with E-state index in [-0.39, 0.29) is 12.6 Å². The summed E-state index contributed by atoms with van der Waals surface area (Å²) >= 11 is 0. The summed E-state index contributed by atoms with van der Waals surface area (Å²) in [6, 6.07) is 6.11. The maximum Gasteiger partial charge on any atom is 0.321 e. The van der Waals surface area contributed by atoms with Gasteiger partial charge in [0.15, 0.2) is 0 Å². The highest BCUT2D eigenvalue weighted by Gasteiger charge is 2.23. The van der Waals surface area contributed by atoms with E-state index in [4.69, 9.17) is 5.11 Å². The third kappa shape index (κ3) is 3.76. The van der Waals surface area contributed by atoms with Gasteiger partial charge in [0.25, 0.3) is 0 Å². The van der Waals surface area contributed by atoms with Crippen LogP contribution in [0.15, 0.2) is 18.2 Å². The fourth-order valence-corrected chi connectivity index (χ4v) is 2.85. The number of likely N-dealkylation sites (tertiary alicyclic amines) is 1. The summed E-state index contributed by atoms with van der Waals surface area (Å²) in [5.74, 6) is 0.721. The molecular weight excluding hydrogens is 264 g/mol. The van der Waals surface area contributed by atoms with Gasteiger partial charge in [-0.25, -0.2) is 4.79 Å². The van der Waals surface area contributed by atoms with Crippen molar-refractivity contribution in [3.63, 3.8) is 0 Å². The monoisotopic (exact) mass is 290 g/mol. The lowest BCUT2D eigenvalue weighted by atomic mass is 9.97. The Morgan fingerprint density at radius 1 is 1.38 bits per heavy atom. The lowest BCUT2D eigenvalue weighted by Crippen LogP contribution is -2.41. The second-order valence-corrected chi connectivity index (χ2v) is 6.24. The number of nitrogens with one attached hydrogen (secondary N) is 1. The average molecular weight is 290 g/mol. The molecule has 1 aliphatic rings. The SMILES string of the molecule is Cc1cccc(C(C)C)c1NC(=O)N1CCC(CO)CC1. The zero-order valence-electron chi connectivity index (χ0n) is 13.2. The Morgan fingerprint density at radius 2 is 2.05 bits per heavy atom. The third-order valence-electron chi connectivity index (χ3n) is 4.32. The van der Waals surface area contributed by atoms with Crippen molar-refractivity contribution in [2.24, 2.45) is 5.92 Å². The van der Waals surface area contributed by atoms with Crippen LogP contribution in [0.4, 0.5) is 10.5 Å². The van der Waals surface area contributed by atoms with Gasteiger partial charge < -0.3 is 15.3 Å². The van der Waals surface area contributed by atoms with Crippen molar-refractivity contribution in [2.45, 2.75) is 39.5 Å². The molecule has 1 aliphatic heterocycles. The van der Waals surface area contributed by atoms with Crippen LogP contribution >= 0.6 is 0 Å². The lowest BCUT2D eigenvalue weighted by molar-refractivity contribution is 0.143. The van der Waals surface area contributed by atoms with Crippen molar-refractivity contribution in [2.75, 3.05) is 25.0 Å². The van der Waals surface area contributed by atoms with E-state index in [1.165, 1.54) is 5.56 Å². The Bertz CT molecular complexity index is 492. The van der Waals surface area contributed by atoms with Crippen molar-refractivity contribution in [1.82, 2.24) is 4.90 Å². The Hall–Kier alpha value is -1.55. The summed E-state index contributed by atoms with van der Waals surface area (Å²) in [4.78, 5) is 14.3. The molecule has 21 heavy (non-hydrogen) atoms. The number of para-hydroxylation sites is 1. The normalized spacial score (nSPS) is 16.3. The first kappa shape index (κ1) is 15.8. The second kappa shape index (κ2) is 6.94. The maximum atomic E-state index is 12.4. The van der Waals surface area contributed by atoms with Gasteiger partial charge in [-0.1, -0.05) is 32.0 Å². The van der Waals surface area contributed by atoms with E-state index < -0.39 is 0 Å². The molecule has 0 spiro atoms. The van der Waals surface area contributed by atoms with Gasteiger partial charge in [-0.15, -0.1) is 0 Å². The van der Waals surface area contributed by atoms with Gasteiger partial charge in [0, 0.05) is 25.4 Å². The number of aliphatic hydroxyl groups is 1. The molecule has 4 nitrogen and oxygen atoms in total. The number of anilines is 1. The summed E-state index contributed by atoms with van der Waals surface area (Å²) in [7, 11) is 0. The molecular formula is C17H26N2O2. The molecule has 1 aromatic rings. The van der Waals surface area contributed by atoms with Gasteiger partial charge in [-0.05, 0) is 42.7 Å². The number of aliphatic hydroxyl groups excluding tert-OH is 1. The molecule has 2 N–H and O–H groups in total. The number of benzene rings is 1. The maximum absolute atomic E-state index is 12.4. The molecule has 0 atom stereocenters. The van der Waals surface area contributed by atoms with Gasteiger partial charge in [0.05, 0.1) is 0 Å². The van der Waals surface area contributed by atoms with Crippen LogP contribution in [0, 0.1) is 12.8 Å². The van der Waals surface area contributed by atoms with Crippen molar-refractivity contribution in [3.05, 3.63) is 29.3 Å². The molecule has 116 valence electrons. The highest BCUT2D eigenvalue weighted by Crippen LogP contribution is 2.28. The fourth-order valence-electron chi connectivity index (χ4n) is 2.85. The molecule has 0 unspecified atom stereocenters. The van der Waals surface area contributed by atoms with Gasteiger partial charge in [0.1, 0.15) is 0 Å². The van der Waals surface area contributed by atoms with Crippen molar-refractivity contribution < 1.29 is 9.90 Å². The molecule has 2 amide bonds. The van der Waals surface area contributed by atoms with Gasteiger partial charge >= 0.3 is 6.03 Å². The number of rotatable bonds is 3. The molecule has 1 heterocycles. The van der Waals surface area contributed by atoms with Crippen molar-refractivity contribution in [3.8, 4) is 0 Å². The Kier molecular flexibility index (Phi) is 5.23. The zero-order valence-corrected chi connectivity index (χ0v) is 13.2. The highest BCUT2D eigenvalue weighted by atomic mass is 16.3. The molecule has 0 aliphatic carbocycles. The van der Waals surface area contributed by atoms with Crippen LogP contribution in [0.5, 0.6) is 0 Å². The predicted octanol–water partition coefficient (Wildman–Crippen LogP) is 3.35. The first-order chi connectivity index (χ1) is 10.0. The minimum Gasteiger partial charge on any atom is -0.396 e. The average Bonchev–Trinajstić information content (AvgIpc) is 2.49. The number of aryl methyl sites for hydroxylation is 1. The first-order valence-corrected chi connectivity index (χ1v) is 7.79. The number of hydrogen-bond acceptors (Lipinski definition) is 2. The van der Waals surface area contributed by atoms with E-state index in [0.29, 0.717) is 11.8 Å². The molecule has 1 aromatic carbocycles. The molecule has 0 saturated carbocycles. The molecule has 0 radical (unpaired) electrons. The summed E-state index contributed by atoms with van der Waals surface area (Å²) in [5.41, 5.74) is 3.22. The number of urea groups is 1. The van der Waals surface area contributed by atoms with Gasteiger partial charge in [0.2, 0.25) is 0 Å². The van der Waals surface area contributed by atoms with Crippen LogP contribution in [0.2, 0.25) is 0 Å². The van der Waals surface area contributed by atoms with E-state index >= 15 is 0 Å².